The molecule has 3 fully saturated rings. The summed E-state index contributed by atoms with van der Waals surface area (Å²) in [4.78, 5) is 0. The highest BCUT2D eigenvalue weighted by Crippen LogP contribution is 2.63. The maximum absolute atomic E-state index is 6.50. The van der Waals surface area contributed by atoms with E-state index in [9.17, 15) is 0 Å². The first-order valence-electron chi connectivity index (χ1n) is 7.17. The molecule has 17 heavy (non-hydrogen) atoms. The topological polar surface area (TPSA) is 26.0 Å². The minimum atomic E-state index is 0.496. The number of rotatable bonds is 3. The second kappa shape index (κ2) is 3.58. The fourth-order valence-electron chi connectivity index (χ4n) is 4.46. The average Bonchev–Trinajstić information content (AvgIpc) is 3.27. The van der Waals surface area contributed by atoms with E-state index in [1.54, 1.807) is 0 Å². The molecule has 1 aromatic rings. The van der Waals surface area contributed by atoms with Crippen molar-refractivity contribution in [3.05, 3.63) is 35.9 Å². The number of benzene rings is 1. The van der Waals surface area contributed by atoms with Crippen LogP contribution in [0, 0.1) is 23.7 Å². The van der Waals surface area contributed by atoms with Crippen LogP contribution in [0.15, 0.2) is 30.3 Å². The molecule has 3 aliphatic carbocycles. The zero-order chi connectivity index (χ0) is 11.4. The molecular weight excluding hydrogens is 206 g/mol. The number of hydrogen-bond donors (Lipinski definition) is 1. The fourth-order valence-corrected chi connectivity index (χ4v) is 4.46. The van der Waals surface area contributed by atoms with Crippen LogP contribution in [0.2, 0.25) is 0 Å². The van der Waals surface area contributed by atoms with Gasteiger partial charge in [0.25, 0.3) is 0 Å². The highest BCUT2D eigenvalue weighted by molar-refractivity contribution is 5.27. The summed E-state index contributed by atoms with van der Waals surface area (Å²) in [7, 11) is 0. The average molecular weight is 227 g/mol. The Kier molecular flexibility index (Phi) is 2.14. The van der Waals surface area contributed by atoms with Gasteiger partial charge in [-0.2, -0.15) is 0 Å². The lowest BCUT2D eigenvalue weighted by atomic mass is 9.98. The first kappa shape index (κ1) is 10.1. The van der Waals surface area contributed by atoms with E-state index in [-0.39, 0.29) is 0 Å². The molecule has 5 atom stereocenters. The molecule has 3 saturated carbocycles. The van der Waals surface area contributed by atoms with Gasteiger partial charge in [-0.3, -0.25) is 0 Å². The molecule has 0 saturated heterocycles. The summed E-state index contributed by atoms with van der Waals surface area (Å²) in [5.74, 6) is 4.48. The van der Waals surface area contributed by atoms with Gasteiger partial charge in [-0.25, -0.2) is 0 Å². The molecule has 1 heteroatoms. The summed E-state index contributed by atoms with van der Waals surface area (Å²) in [5, 5.41) is 0. The van der Waals surface area contributed by atoms with Gasteiger partial charge in [0.05, 0.1) is 0 Å². The van der Waals surface area contributed by atoms with Crippen molar-refractivity contribution in [1.82, 2.24) is 0 Å². The van der Waals surface area contributed by atoms with E-state index in [2.05, 4.69) is 30.3 Å². The SMILES string of the molecule is NC(C1CC1c1ccccc1)C1C2CCCC21. The number of hydrogen-bond acceptors (Lipinski definition) is 1. The lowest BCUT2D eigenvalue weighted by molar-refractivity contribution is 0.442. The predicted octanol–water partition coefficient (Wildman–Crippen LogP) is 3.16. The summed E-state index contributed by atoms with van der Waals surface area (Å²) in [6.07, 6.45) is 5.73. The highest BCUT2D eigenvalue weighted by atomic mass is 14.8. The van der Waals surface area contributed by atoms with Gasteiger partial charge >= 0.3 is 0 Å². The second-order valence-corrected chi connectivity index (χ2v) is 6.33. The Hall–Kier alpha value is -0.820. The summed E-state index contributed by atoms with van der Waals surface area (Å²) in [6, 6.07) is 11.4. The molecule has 5 unspecified atom stereocenters. The van der Waals surface area contributed by atoms with Crippen LogP contribution in [-0.4, -0.2) is 6.04 Å². The smallest absolute Gasteiger partial charge is 0.0107 e. The van der Waals surface area contributed by atoms with Gasteiger partial charge in [0.1, 0.15) is 0 Å². The Labute approximate surface area is 103 Å². The standard InChI is InChI=1S/C16H21N/c17-16(15-11-7-4-8-12(11)15)14-9-13(14)10-5-2-1-3-6-10/h1-3,5-6,11-16H,4,7-9,17H2. The molecule has 0 heterocycles. The summed E-state index contributed by atoms with van der Waals surface area (Å²) >= 11 is 0. The molecule has 3 aliphatic rings. The van der Waals surface area contributed by atoms with Crippen LogP contribution in [0.25, 0.3) is 0 Å². The molecule has 0 amide bonds. The van der Waals surface area contributed by atoms with Crippen molar-refractivity contribution < 1.29 is 0 Å². The lowest BCUT2D eigenvalue weighted by Crippen LogP contribution is -2.27. The Bertz CT molecular complexity index is 403. The summed E-state index contributed by atoms with van der Waals surface area (Å²) < 4.78 is 0. The van der Waals surface area contributed by atoms with Crippen LogP contribution in [0.3, 0.4) is 0 Å². The van der Waals surface area contributed by atoms with E-state index < -0.39 is 0 Å². The van der Waals surface area contributed by atoms with Crippen molar-refractivity contribution >= 4 is 0 Å². The zero-order valence-corrected chi connectivity index (χ0v) is 10.3. The van der Waals surface area contributed by atoms with Crippen molar-refractivity contribution in [3.8, 4) is 0 Å². The Morgan fingerprint density at radius 2 is 1.76 bits per heavy atom. The van der Waals surface area contributed by atoms with E-state index >= 15 is 0 Å². The van der Waals surface area contributed by atoms with Crippen LogP contribution >= 0.6 is 0 Å². The molecule has 0 spiro atoms. The molecule has 2 N–H and O–H groups in total. The highest BCUT2D eigenvalue weighted by Gasteiger charge is 2.59. The molecule has 0 radical (unpaired) electrons. The lowest BCUT2D eigenvalue weighted by Gasteiger charge is -2.13. The van der Waals surface area contributed by atoms with Crippen molar-refractivity contribution in [1.29, 1.82) is 0 Å². The van der Waals surface area contributed by atoms with Crippen LogP contribution in [-0.2, 0) is 0 Å². The monoisotopic (exact) mass is 227 g/mol. The third-order valence-corrected chi connectivity index (χ3v) is 5.48. The van der Waals surface area contributed by atoms with E-state index in [1.807, 2.05) is 0 Å². The molecule has 0 bridgehead atoms. The largest absolute Gasteiger partial charge is 0.327 e. The minimum absolute atomic E-state index is 0.496. The van der Waals surface area contributed by atoms with Gasteiger partial charge in [0.2, 0.25) is 0 Å². The van der Waals surface area contributed by atoms with Gasteiger partial charge in [0.15, 0.2) is 0 Å². The summed E-state index contributed by atoms with van der Waals surface area (Å²) in [5.41, 5.74) is 8.02. The minimum Gasteiger partial charge on any atom is -0.327 e. The summed E-state index contributed by atoms with van der Waals surface area (Å²) in [6.45, 7) is 0. The quantitative estimate of drug-likeness (QED) is 0.843. The third kappa shape index (κ3) is 1.55. The van der Waals surface area contributed by atoms with E-state index in [4.69, 9.17) is 5.73 Å². The Morgan fingerprint density at radius 1 is 1.06 bits per heavy atom. The van der Waals surface area contributed by atoms with Gasteiger partial charge in [0, 0.05) is 6.04 Å². The number of nitrogens with two attached hydrogens (primary N) is 1. The molecule has 4 rings (SSSR count). The van der Waals surface area contributed by atoms with Gasteiger partial charge in [-0.15, -0.1) is 0 Å². The van der Waals surface area contributed by atoms with Crippen LogP contribution in [0.1, 0.15) is 37.2 Å². The Morgan fingerprint density at radius 3 is 2.47 bits per heavy atom. The van der Waals surface area contributed by atoms with Gasteiger partial charge in [-0.1, -0.05) is 36.8 Å². The van der Waals surface area contributed by atoms with Crippen LogP contribution in [0.4, 0.5) is 0 Å². The maximum atomic E-state index is 6.50. The van der Waals surface area contributed by atoms with Crippen molar-refractivity contribution in [3.63, 3.8) is 0 Å². The van der Waals surface area contributed by atoms with Crippen LogP contribution in [0.5, 0.6) is 0 Å². The van der Waals surface area contributed by atoms with E-state index in [0.29, 0.717) is 6.04 Å². The van der Waals surface area contributed by atoms with E-state index in [1.165, 1.54) is 31.2 Å². The van der Waals surface area contributed by atoms with Gasteiger partial charge < -0.3 is 5.73 Å². The number of fused-ring (bicyclic) bond motifs is 1. The second-order valence-electron chi connectivity index (χ2n) is 6.33. The molecule has 1 nitrogen and oxygen atoms in total. The molecule has 1 aromatic carbocycles. The van der Waals surface area contributed by atoms with E-state index in [0.717, 1.165) is 29.6 Å². The van der Waals surface area contributed by atoms with Crippen molar-refractivity contribution in [2.45, 2.75) is 37.6 Å². The maximum Gasteiger partial charge on any atom is 0.0107 e. The van der Waals surface area contributed by atoms with Crippen molar-refractivity contribution in [2.75, 3.05) is 0 Å². The molecule has 0 aliphatic heterocycles. The predicted molar refractivity (Wildman–Crippen MR) is 69.6 cm³/mol. The molecule has 0 aromatic heterocycles. The normalized spacial score (nSPS) is 44.2. The van der Waals surface area contributed by atoms with Gasteiger partial charge in [-0.05, 0) is 54.4 Å². The Balaban J connectivity index is 1.42. The molecule has 90 valence electrons. The first-order chi connectivity index (χ1) is 8.36. The third-order valence-electron chi connectivity index (χ3n) is 5.48. The van der Waals surface area contributed by atoms with Crippen LogP contribution < -0.4 is 5.73 Å². The molecular formula is C16H21N. The zero-order valence-electron chi connectivity index (χ0n) is 10.3. The first-order valence-corrected chi connectivity index (χ1v) is 7.17. The van der Waals surface area contributed by atoms with Crippen molar-refractivity contribution in [2.24, 2.45) is 29.4 Å². The fraction of sp³-hybridized carbons (Fsp3) is 0.625.